The molecular formula is C13H15Cl2NO. The molecule has 1 N–H and O–H groups in total. The minimum atomic E-state index is -0.822. The van der Waals surface area contributed by atoms with Gasteiger partial charge in [-0.05, 0) is 24.1 Å². The van der Waals surface area contributed by atoms with Crippen LogP contribution < -0.4 is 0 Å². The maximum absolute atomic E-state index is 10.6. The smallest absolute Gasteiger partial charge is 0.104 e. The lowest BCUT2D eigenvalue weighted by molar-refractivity contribution is 0.0474. The van der Waals surface area contributed by atoms with E-state index in [4.69, 9.17) is 23.2 Å². The lowest BCUT2D eigenvalue weighted by Crippen LogP contribution is -2.30. The number of aliphatic hydroxyl groups is 1. The Kier molecular flexibility index (Phi) is 3.79. The number of benzene rings is 1. The number of nitrogens with zero attached hydrogens (tertiary/aromatic N) is 1. The molecule has 0 saturated carbocycles. The van der Waals surface area contributed by atoms with Gasteiger partial charge in [-0.1, -0.05) is 35.3 Å². The summed E-state index contributed by atoms with van der Waals surface area (Å²) in [6, 6.07) is 5.32. The Bertz CT molecular complexity index is 435. The standard InChI is InChI=1S/C13H15Cl2NO/c1-2-6-16-7-5-13(17,9-16)10-3-4-11(14)12(15)8-10/h2-4,8,17H,1,5-7,9H2. The first-order valence-electron chi connectivity index (χ1n) is 5.56. The molecule has 2 rings (SSSR count). The van der Waals surface area contributed by atoms with Crippen LogP contribution in [-0.2, 0) is 5.60 Å². The maximum Gasteiger partial charge on any atom is 0.104 e. The Morgan fingerprint density at radius 3 is 2.82 bits per heavy atom. The number of halogens is 2. The zero-order chi connectivity index (χ0) is 12.5. The minimum absolute atomic E-state index is 0.486. The van der Waals surface area contributed by atoms with Gasteiger partial charge in [-0.15, -0.1) is 6.58 Å². The summed E-state index contributed by atoms with van der Waals surface area (Å²) in [6.07, 6.45) is 2.55. The van der Waals surface area contributed by atoms with Crippen LogP contribution in [0.4, 0.5) is 0 Å². The summed E-state index contributed by atoms with van der Waals surface area (Å²) < 4.78 is 0. The molecule has 0 amide bonds. The maximum atomic E-state index is 10.6. The lowest BCUT2D eigenvalue weighted by atomic mass is 9.93. The SMILES string of the molecule is C=CCN1CCC(O)(c2ccc(Cl)c(Cl)c2)C1. The Morgan fingerprint density at radius 2 is 2.18 bits per heavy atom. The molecule has 1 aromatic rings. The first-order chi connectivity index (χ1) is 8.05. The van der Waals surface area contributed by atoms with Crippen molar-refractivity contribution in [1.82, 2.24) is 4.90 Å². The van der Waals surface area contributed by atoms with Gasteiger partial charge in [0.1, 0.15) is 5.60 Å². The predicted molar refractivity (Wildman–Crippen MR) is 71.6 cm³/mol. The van der Waals surface area contributed by atoms with Crippen LogP contribution in [-0.4, -0.2) is 29.6 Å². The summed E-state index contributed by atoms with van der Waals surface area (Å²) in [6.45, 7) is 5.98. The second-order valence-corrected chi connectivity index (χ2v) is 5.25. The normalized spacial score (nSPS) is 25.1. The van der Waals surface area contributed by atoms with E-state index in [9.17, 15) is 5.11 Å². The molecule has 1 atom stereocenters. The second kappa shape index (κ2) is 4.99. The Morgan fingerprint density at radius 1 is 1.41 bits per heavy atom. The highest BCUT2D eigenvalue weighted by atomic mass is 35.5. The van der Waals surface area contributed by atoms with Crippen LogP contribution in [0, 0.1) is 0 Å². The van der Waals surface area contributed by atoms with Crippen molar-refractivity contribution in [3.8, 4) is 0 Å². The molecule has 0 spiro atoms. The molecule has 1 saturated heterocycles. The van der Waals surface area contributed by atoms with Gasteiger partial charge in [-0.3, -0.25) is 4.90 Å². The van der Waals surface area contributed by atoms with Crippen molar-refractivity contribution in [2.45, 2.75) is 12.0 Å². The fraction of sp³-hybridized carbons (Fsp3) is 0.385. The summed E-state index contributed by atoms with van der Waals surface area (Å²) in [5.41, 5.74) is 0.00973. The zero-order valence-electron chi connectivity index (χ0n) is 9.50. The lowest BCUT2D eigenvalue weighted by Gasteiger charge is -2.24. The summed E-state index contributed by atoms with van der Waals surface area (Å²) in [4.78, 5) is 2.16. The molecule has 0 bridgehead atoms. The van der Waals surface area contributed by atoms with Gasteiger partial charge in [0.25, 0.3) is 0 Å². The van der Waals surface area contributed by atoms with Gasteiger partial charge >= 0.3 is 0 Å². The predicted octanol–water partition coefficient (Wildman–Crippen LogP) is 3.07. The van der Waals surface area contributed by atoms with Crippen molar-refractivity contribution >= 4 is 23.2 Å². The molecule has 1 fully saturated rings. The van der Waals surface area contributed by atoms with Gasteiger partial charge in [0.2, 0.25) is 0 Å². The number of hydrogen-bond donors (Lipinski definition) is 1. The average molecular weight is 272 g/mol. The quantitative estimate of drug-likeness (QED) is 0.855. The van der Waals surface area contributed by atoms with Crippen LogP contribution in [0.1, 0.15) is 12.0 Å². The summed E-state index contributed by atoms with van der Waals surface area (Å²) in [5.74, 6) is 0. The molecule has 2 nitrogen and oxygen atoms in total. The van der Waals surface area contributed by atoms with Crippen molar-refractivity contribution < 1.29 is 5.11 Å². The largest absolute Gasteiger partial charge is 0.384 e. The minimum Gasteiger partial charge on any atom is -0.384 e. The van der Waals surface area contributed by atoms with E-state index in [1.54, 1.807) is 12.1 Å². The van der Waals surface area contributed by atoms with Gasteiger partial charge in [0, 0.05) is 19.6 Å². The van der Waals surface area contributed by atoms with Crippen molar-refractivity contribution in [3.63, 3.8) is 0 Å². The van der Waals surface area contributed by atoms with E-state index in [1.807, 2.05) is 12.1 Å². The third kappa shape index (κ3) is 2.66. The van der Waals surface area contributed by atoms with E-state index in [1.165, 1.54) is 0 Å². The van der Waals surface area contributed by atoms with Gasteiger partial charge in [-0.25, -0.2) is 0 Å². The molecule has 1 heterocycles. The number of hydrogen-bond acceptors (Lipinski definition) is 2. The highest BCUT2D eigenvalue weighted by molar-refractivity contribution is 6.42. The molecule has 1 aliphatic heterocycles. The van der Waals surface area contributed by atoms with Gasteiger partial charge in [0.15, 0.2) is 0 Å². The fourth-order valence-corrected chi connectivity index (χ4v) is 2.53. The summed E-state index contributed by atoms with van der Waals surface area (Å²) in [5, 5.41) is 11.6. The van der Waals surface area contributed by atoms with E-state index < -0.39 is 5.60 Å². The van der Waals surface area contributed by atoms with Crippen LogP contribution in [0.25, 0.3) is 0 Å². The van der Waals surface area contributed by atoms with E-state index in [-0.39, 0.29) is 0 Å². The molecule has 17 heavy (non-hydrogen) atoms. The molecule has 1 aromatic carbocycles. The number of β-amino-alcohol motifs (C(OH)–C–C–N with tert-alkyl or cyclic N) is 1. The van der Waals surface area contributed by atoms with Crippen LogP contribution in [0.2, 0.25) is 10.0 Å². The average Bonchev–Trinajstić information content (AvgIpc) is 2.66. The third-order valence-corrected chi connectivity index (χ3v) is 3.91. The Hall–Kier alpha value is -0.540. The monoisotopic (exact) mass is 271 g/mol. The first-order valence-corrected chi connectivity index (χ1v) is 6.32. The number of rotatable bonds is 3. The number of likely N-dealkylation sites (tertiary alicyclic amines) is 1. The van der Waals surface area contributed by atoms with Gasteiger partial charge in [-0.2, -0.15) is 0 Å². The van der Waals surface area contributed by atoms with Gasteiger partial charge in [0.05, 0.1) is 10.0 Å². The van der Waals surface area contributed by atoms with E-state index in [0.717, 1.165) is 18.7 Å². The van der Waals surface area contributed by atoms with Crippen LogP contribution in [0.15, 0.2) is 30.9 Å². The molecule has 92 valence electrons. The van der Waals surface area contributed by atoms with Crippen LogP contribution >= 0.6 is 23.2 Å². The molecular weight excluding hydrogens is 257 g/mol. The second-order valence-electron chi connectivity index (χ2n) is 4.43. The fourth-order valence-electron chi connectivity index (χ4n) is 2.23. The van der Waals surface area contributed by atoms with Crippen LogP contribution in [0.3, 0.4) is 0 Å². The molecule has 1 unspecified atom stereocenters. The van der Waals surface area contributed by atoms with E-state index in [2.05, 4.69) is 11.5 Å². The molecule has 0 radical (unpaired) electrons. The highest BCUT2D eigenvalue weighted by Crippen LogP contribution is 2.34. The van der Waals surface area contributed by atoms with Crippen molar-refractivity contribution in [2.24, 2.45) is 0 Å². The topological polar surface area (TPSA) is 23.5 Å². The molecule has 0 aromatic heterocycles. The summed E-state index contributed by atoms with van der Waals surface area (Å²) >= 11 is 11.9. The molecule has 1 aliphatic rings. The zero-order valence-corrected chi connectivity index (χ0v) is 11.0. The van der Waals surface area contributed by atoms with E-state index in [0.29, 0.717) is 23.0 Å². The van der Waals surface area contributed by atoms with Crippen molar-refractivity contribution in [2.75, 3.05) is 19.6 Å². The van der Waals surface area contributed by atoms with Crippen molar-refractivity contribution in [1.29, 1.82) is 0 Å². The Labute approximate surface area is 111 Å². The van der Waals surface area contributed by atoms with E-state index >= 15 is 0 Å². The molecule has 4 heteroatoms. The highest BCUT2D eigenvalue weighted by Gasteiger charge is 2.37. The van der Waals surface area contributed by atoms with Crippen molar-refractivity contribution in [3.05, 3.63) is 46.5 Å². The summed E-state index contributed by atoms with van der Waals surface area (Å²) in [7, 11) is 0. The first kappa shape index (κ1) is 12.9. The Balaban J connectivity index is 2.21. The van der Waals surface area contributed by atoms with Crippen LogP contribution in [0.5, 0.6) is 0 Å². The third-order valence-electron chi connectivity index (χ3n) is 3.17. The molecule has 0 aliphatic carbocycles. The van der Waals surface area contributed by atoms with Gasteiger partial charge < -0.3 is 5.11 Å².